The molecule has 1 aliphatic rings. The second-order valence-electron chi connectivity index (χ2n) is 5.90. The Hall–Kier alpha value is -3.29. The molecule has 0 bridgehead atoms. The van der Waals surface area contributed by atoms with Crippen molar-refractivity contribution in [2.75, 3.05) is 6.61 Å². The Morgan fingerprint density at radius 1 is 1.22 bits per heavy atom. The van der Waals surface area contributed by atoms with Crippen LogP contribution >= 0.6 is 0 Å². The molecule has 2 amide bonds. The van der Waals surface area contributed by atoms with Crippen LogP contribution in [0.4, 0.5) is 0 Å². The first-order chi connectivity index (χ1) is 13.0. The highest BCUT2D eigenvalue weighted by Crippen LogP contribution is 2.15. The third kappa shape index (κ3) is 6.85. The van der Waals surface area contributed by atoms with Crippen molar-refractivity contribution in [1.29, 1.82) is 0 Å². The van der Waals surface area contributed by atoms with Crippen molar-refractivity contribution in [2.45, 2.75) is 31.8 Å². The van der Waals surface area contributed by atoms with E-state index in [9.17, 15) is 9.59 Å². The van der Waals surface area contributed by atoms with Crippen LogP contribution in [0.15, 0.2) is 53.1 Å². The maximum atomic E-state index is 11.9. The summed E-state index contributed by atoms with van der Waals surface area (Å²) in [6.07, 6.45) is 3.05. The number of carbonyl (C=O) groups is 3. The summed E-state index contributed by atoms with van der Waals surface area (Å²) in [6, 6.07) is 12.2. The van der Waals surface area contributed by atoms with Crippen molar-refractivity contribution >= 4 is 17.8 Å². The first-order valence-electron chi connectivity index (χ1n) is 8.45. The van der Waals surface area contributed by atoms with Gasteiger partial charge in [-0.3, -0.25) is 14.4 Å². The average Bonchev–Trinajstić information content (AvgIpc) is 3.15. The van der Waals surface area contributed by atoms with Gasteiger partial charge in [0.15, 0.2) is 6.61 Å². The summed E-state index contributed by atoms with van der Waals surface area (Å²) < 4.78 is 10.6. The van der Waals surface area contributed by atoms with Crippen molar-refractivity contribution in [3.63, 3.8) is 0 Å². The van der Waals surface area contributed by atoms with E-state index < -0.39 is 12.0 Å². The SMILES string of the molecule is CC(=O)O.O=C(COc1ccccc1)NC1C(=O)NC1CCc1ccco1. The van der Waals surface area contributed by atoms with Crippen molar-refractivity contribution in [3.05, 3.63) is 54.5 Å². The molecule has 0 radical (unpaired) electrons. The van der Waals surface area contributed by atoms with Crippen LogP contribution in [0.25, 0.3) is 0 Å². The molecular weight excluding hydrogens is 352 g/mol. The van der Waals surface area contributed by atoms with Gasteiger partial charge in [-0.25, -0.2) is 0 Å². The van der Waals surface area contributed by atoms with Gasteiger partial charge in [0.05, 0.1) is 12.3 Å². The van der Waals surface area contributed by atoms with Crippen molar-refractivity contribution in [3.8, 4) is 5.75 Å². The highest BCUT2D eigenvalue weighted by molar-refractivity contribution is 5.93. The molecule has 8 nitrogen and oxygen atoms in total. The number of β-lactam (4-membered cyclic amide) rings is 1. The lowest BCUT2D eigenvalue weighted by Crippen LogP contribution is -2.69. The molecule has 1 aliphatic heterocycles. The molecule has 2 unspecified atom stereocenters. The Morgan fingerprint density at radius 2 is 1.93 bits per heavy atom. The van der Waals surface area contributed by atoms with E-state index >= 15 is 0 Å². The van der Waals surface area contributed by atoms with Crippen LogP contribution < -0.4 is 15.4 Å². The van der Waals surface area contributed by atoms with Gasteiger partial charge in [0.25, 0.3) is 11.9 Å². The molecule has 2 atom stereocenters. The molecule has 0 spiro atoms. The standard InChI is InChI=1S/C17H18N2O4.C2H4O2/c20-15(11-23-12-5-2-1-3-6-12)19-16-14(18-17(16)21)9-8-13-7-4-10-22-13;1-2(3)4/h1-7,10,14,16H,8-9,11H2,(H,18,21)(H,19,20);1H3,(H,3,4). The summed E-state index contributed by atoms with van der Waals surface area (Å²) in [7, 11) is 0. The molecule has 0 aliphatic carbocycles. The minimum Gasteiger partial charge on any atom is -0.484 e. The van der Waals surface area contributed by atoms with Crippen LogP contribution in [0.5, 0.6) is 5.75 Å². The molecule has 1 aromatic heterocycles. The molecular formula is C19H22N2O6. The maximum absolute atomic E-state index is 11.9. The fraction of sp³-hybridized carbons (Fsp3) is 0.316. The smallest absolute Gasteiger partial charge is 0.300 e. The van der Waals surface area contributed by atoms with Gasteiger partial charge >= 0.3 is 0 Å². The Kier molecular flexibility index (Phi) is 7.42. The lowest BCUT2D eigenvalue weighted by Gasteiger charge is -2.37. The van der Waals surface area contributed by atoms with Gasteiger partial charge in [-0.05, 0) is 30.7 Å². The van der Waals surface area contributed by atoms with Gasteiger partial charge in [0.1, 0.15) is 17.6 Å². The second kappa shape index (κ2) is 10.0. The molecule has 2 aromatic rings. The number of carbonyl (C=O) groups excluding carboxylic acids is 2. The van der Waals surface area contributed by atoms with Gasteiger partial charge in [-0.15, -0.1) is 0 Å². The Morgan fingerprint density at radius 3 is 2.52 bits per heavy atom. The lowest BCUT2D eigenvalue weighted by molar-refractivity contribution is -0.137. The highest BCUT2D eigenvalue weighted by atomic mass is 16.5. The van der Waals surface area contributed by atoms with E-state index in [-0.39, 0.29) is 24.5 Å². The zero-order chi connectivity index (χ0) is 19.6. The first-order valence-corrected chi connectivity index (χ1v) is 8.45. The van der Waals surface area contributed by atoms with Gasteiger partial charge < -0.3 is 24.9 Å². The van der Waals surface area contributed by atoms with Crippen molar-refractivity contribution < 1.29 is 28.6 Å². The van der Waals surface area contributed by atoms with E-state index in [1.807, 2.05) is 30.3 Å². The first kappa shape index (κ1) is 20.0. The minimum absolute atomic E-state index is 0.0757. The van der Waals surface area contributed by atoms with Crippen LogP contribution in [0, 0.1) is 0 Å². The summed E-state index contributed by atoms with van der Waals surface area (Å²) in [5.41, 5.74) is 0. The Bertz CT molecular complexity index is 741. The number of amides is 2. The van der Waals surface area contributed by atoms with Crippen molar-refractivity contribution in [2.24, 2.45) is 0 Å². The zero-order valence-corrected chi connectivity index (χ0v) is 14.9. The number of ether oxygens (including phenoxy) is 1. The predicted molar refractivity (Wildman–Crippen MR) is 96.1 cm³/mol. The summed E-state index contributed by atoms with van der Waals surface area (Å²) in [4.78, 5) is 32.5. The fourth-order valence-electron chi connectivity index (χ4n) is 2.48. The van der Waals surface area contributed by atoms with Crippen LogP contribution in [0.1, 0.15) is 19.1 Å². The number of nitrogens with one attached hydrogen (secondary N) is 2. The lowest BCUT2D eigenvalue weighted by atomic mass is 9.94. The van der Waals surface area contributed by atoms with Gasteiger partial charge in [0, 0.05) is 13.3 Å². The van der Waals surface area contributed by atoms with E-state index in [1.54, 1.807) is 18.4 Å². The molecule has 3 rings (SSSR count). The average molecular weight is 374 g/mol. The molecule has 1 saturated heterocycles. The van der Waals surface area contributed by atoms with Crippen LogP contribution in [0.3, 0.4) is 0 Å². The molecule has 2 heterocycles. The normalized spacial score (nSPS) is 17.6. The number of carboxylic acids is 1. The topological polar surface area (TPSA) is 118 Å². The van der Waals surface area contributed by atoms with E-state index in [0.717, 1.165) is 12.7 Å². The Balaban J connectivity index is 0.000000596. The van der Waals surface area contributed by atoms with Crippen LogP contribution in [-0.2, 0) is 20.8 Å². The number of aliphatic carboxylic acids is 1. The molecule has 1 fully saturated rings. The van der Waals surface area contributed by atoms with E-state index in [2.05, 4.69) is 10.6 Å². The monoisotopic (exact) mass is 374 g/mol. The maximum Gasteiger partial charge on any atom is 0.300 e. The van der Waals surface area contributed by atoms with Gasteiger partial charge in [-0.2, -0.15) is 0 Å². The number of benzene rings is 1. The van der Waals surface area contributed by atoms with E-state index in [0.29, 0.717) is 18.6 Å². The molecule has 8 heteroatoms. The van der Waals surface area contributed by atoms with Crippen molar-refractivity contribution in [1.82, 2.24) is 10.6 Å². The Labute approximate surface area is 156 Å². The molecule has 1 aromatic carbocycles. The van der Waals surface area contributed by atoms with E-state index in [4.69, 9.17) is 19.1 Å². The van der Waals surface area contributed by atoms with Gasteiger partial charge in [-0.1, -0.05) is 18.2 Å². The summed E-state index contributed by atoms with van der Waals surface area (Å²) in [6.45, 7) is 0.971. The predicted octanol–water partition coefficient (Wildman–Crippen LogP) is 1.37. The quantitative estimate of drug-likeness (QED) is 0.630. The molecule has 27 heavy (non-hydrogen) atoms. The minimum atomic E-state index is -0.833. The fourth-order valence-corrected chi connectivity index (χ4v) is 2.48. The summed E-state index contributed by atoms with van der Waals surface area (Å²) in [5.74, 6) is 0.179. The molecule has 144 valence electrons. The van der Waals surface area contributed by atoms with Crippen LogP contribution in [0.2, 0.25) is 0 Å². The highest BCUT2D eigenvalue weighted by Gasteiger charge is 2.39. The number of carboxylic acid groups (broad SMARTS) is 1. The van der Waals surface area contributed by atoms with Crippen LogP contribution in [-0.4, -0.2) is 41.6 Å². The molecule has 3 N–H and O–H groups in total. The third-order valence-electron chi connectivity index (χ3n) is 3.72. The number of hydrogen-bond acceptors (Lipinski definition) is 5. The summed E-state index contributed by atoms with van der Waals surface area (Å²) >= 11 is 0. The second-order valence-corrected chi connectivity index (χ2v) is 5.90. The number of para-hydroxylation sites is 1. The number of hydrogen-bond donors (Lipinski definition) is 3. The largest absolute Gasteiger partial charge is 0.484 e. The number of aryl methyl sites for hydroxylation is 1. The molecule has 0 saturated carbocycles. The number of rotatable bonds is 7. The third-order valence-corrected chi connectivity index (χ3v) is 3.72. The zero-order valence-electron chi connectivity index (χ0n) is 14.9. The number of furan rings is 1. The van der Waals surface area contributed by atoms with E-state index in [1.165, 1.54) is 0 Å². The summed E-state index contributed by atoms with van der Waals surface area (Å²) in [5, 5.41) is 12.9. The van der Waals surface area contributed by atoms with Gasteiger partial charge in [0.2, 0.25) is 5.91 Å².